The first kappa shape index (κ1) is 15.4. The van der Waals surface area contributed by atoms with Gasteiger partial charge in [-0.2, -0.15) is 0 Å². The number of carbonyl (C=O) groups excluding carboxylic acids is 1. The van der Waals surface area contributed by atoms with Gasteiger partial charge in [0.15, 0.2) is 0 Å². The molecule has 25 heavy (non-hydrogen) atoms. The van der Waals surface area contributed by atoms with Crippen LogP contribution in [-0.4, -0.2) is 16.0 Å². The van der Waals surface area contributed by atoms with Crippen molar-refractivity contribution in [1.29, 1.82) is 0 Å². The van der Waals surface area contributed by atoms with Gasteiger partial charge >= 0.3 is 0 Å². The summed E-state index contributed by atoms with van der Waals surface area (Å²) in [6.45, 7) is 0.351. The van der Waals surface area contributed by atoms with Crippen LogP contribution in [0.3, 0.4) is 0 Å². The van der Waals surface area contributed by atoms with Gasteiger partial charge in [0.05, 0.1) is 17.7 Å². The van der Waals surface area contributed by atoms with Crippen LogP contribution in [-0.2, 0) is 11.3 Å². The second-order valence-corrected chi connectivity index (χ2v) is 5.99. The number of hydrogen-bond donors (Lipinski definition) is 2. The van der Waals surface area contributed by atoms with Crippen molar-refractivity contribution >= 4 is 5.78 Å². The van der Waals surface area contributed by atoms with E-state index in [1.54, 1.807) is 24.3 Å². The monoisotopic (exact) mass is 332 g/mol. The number of phenolic OH excluding ortho intramolecular Hbond substituents is 2. The summed E-state index contributed by atoms with van der Waals surface area (Å²) in [4.78, 5) is 12.8. The van der Waals surface area contributed by atoms with Gasteiger partial charge in [0.1, 0.15) is 17.6 Å². The molecule has 0 saturated heterocycles. The number of hydrogen-bond acceptors (Lipinski definition) is 4. The normalized spacial score (nSPS) is 13.4. The van der Waals surface area contributed by atoms with Crippen LogP contribution >= 0.6 is 0 Å². The number of phenols is 2. The van der Waals surface area contributed by atoms with Gasteiger partial charge in [-0.1, -0.05) is 54.6 Å². The molecule has 0 amide bonds. The predicted octanol–water partition coefficient (Wildman–Crippen LogP) is 3.95. The number of aromatic hydroxyl groups is 2. The first-order chi connectivity index (χ1) is 12.2. The topological polar surface area (TPSA) is 66.8 Å². The van der Waals surface area contributed by atoms with E-state index in [2.05, 4.69) is 0 Å². The van der Waals surface area contributed by atoms with Gasteiger partial charge in [0, 0.05) is 11.1 Å². The van der Waals surface area contributed by atoms with Crippen molar-refractivity contribution in [3.63, 3.8) is 0 Å². The molecule has 124 valence electrons. The SMILES string of the molecule is O=C1c2c(O)cccc2C(OCc2ccccc2)c2cccc(O)c21. The molecule has 0 aromatic heterocycles. The number of benzene rings is 3. The van der Waals surface area contributed by atoms with Gasteiger partial charge in [-0.15, -0.1) is 0 Å². The third-order valence-corrected chi connectivity index (χ3v) is 4.43. The summed E-state index contributed by atoms with van der Waals surface area (Å²) in [5.41, 5.74) is 2.60. The number of rotatable bonds is 3. The molecule has 2 N–H and O–H groups in total. The van der Waals surface area contributed by atoms with Gasteiger partial charge < -0.3 is 14.9 Å². The Morgan fingerprint density at radius 1 is 0.760 bits per heavy atom. The predicted molar refractivity (Wildman–Crippen MR) is 92.7 cm³/mol. The Morgan fingerprint density at radius 2 is 1.32 bits per heavy atom. The summed E-state index contributed by atoms with van der Waals surface area (Å²) in [6.07, 6.45) is -0.540. The van der Waals surface area contributed by atoms with E-state index in [0.29, 0.717) is 17.7 Å². The number of fused-ring (bicyclic) bond motifs is 2. The van der Waals surface area contributed by atoms with Crippen LogP contribution in [0.15, 0.2) is 66.7 Å². The molecule has 0 heterocycles. The number of ketones is 1. The Labute approximate surface area is 144 Å². The third kappa shape index (κ3) is 2.57. The fraction of sp³-hybridized carbons (Fsp3) is 0.0952. The van der Waals surface area contributed by atoms with Crippen molar-refractivity contribution in [2.24, 2.45) is 0 Å². The zero-order chi connectivity index (χ0) is 17.4. The minimum absolute atomic E-state index is 0.107. The number of ether oxygens (including phenoxy) is 1. The Bertz CT molecular complexity index is 892. The van der Waals surface area contributed by atoms with Gasteiger partial charge in [0.2, 0.25) is 5.78 Å². The highest BCUT2D eigenvalue weighted by Crippen LogP contribution is 2.43. The zero-order valence-corrected chi connectivity index (χ0v) is 13.3. The van der Waals surface area contributed by atoms with E-state index in [1.165, 1.54) is 12.1 Å². The molecule has 4 nitrogen and oxygen atoms in total. The summed E-state index contributed by atoms with van der Waals surface area (Å²) in [7, 11) is 0. The third-order valence-electron chi connectivity index (χ3n) is 4.43. The lowest BCUT2D eigenvalue weighted by atomic mass is 9.82. The molecular formula is C21H16O4. The fourth-order valence-electron chi connectivity index (χ4n) is 3.27. The summed E-state index contributed by atoms with van der Waals surface area (Å²) in [5, 5.41) is 20.4. The van der Waals surface area contributed by atoms with E-state index >= 15 is 0 Å². The Balaban J connectivity index is 1.81. The quantitative estimate of drug-likeness (QED) is 0.762. The van der Waals surface area contributed by atoms with Crippen molar-refractivity contribution in [3.05, 3.63) is 94.5 Å². The van der Waals surface area contributed by atoms with Crippen molar-refractivity contribution in [2.45, 2.75) is 12.7 Å². The molecule has 0 spiro atoms. The van der Waals surface area contributed by atoms with Crippen molar-refractivity contribution in [3.8, 4) is 11.5 Å². The van der Waals surface area contributed by atoms with Crippen molar-refractivity contribution in [2.75, 3.05) is 0 Å². The molecule has 1 aliphatic rings. The molecule has 0 saturated carbocycles. The fourth-order valence-corrected chi connectivity index (χ4v) is 3.27. The Morgan fingerprint density at radius 3 is 1.88 bits per heavy atom. The highest BCUT2D eigenvalue weighted by Gasteiger charge is 2.35. The standard InChI is InChI=1S/C21H16O4/c22-16-10-4-8-14-18(16)20(24)19-15(9-5-11-17(19)23)21(14)25-12-13-6-2-1-3-7-13/h1-11,21-23H,12H2. The first-order valence-electron chi connectivity index (χ1n) is 8.01. The zero-order valence-electron chi connectivity index (χ0n) is 13.3. The maximum Gasteiger partial charge on any atom is 0.201 e. The molecule has 3 aromatic rings. The maximum atomic E-state index is 12.8. The lowest BCUT2D eigenvalue weighted by molar-refractivity contribution is 0.0621. The van der Waals surface area contributed by atoms with Crippen LogP contribution in [0.4, 0.5) is 0 Å². The van der Waals surface area contributed by atoms with Crippen LogP contribution in [0.1, 0.15) is 38.7 Å². The van der Waals surface area contributed by atoms with Crippen molar-refractivity contribution in [1.82, 2.24) is 0 Å². The minimum Gasteiger partial charge on any atom is -0.507 e. The summed E-state index contributed by atoms with van der Waals surface area (Å²) in [6, 6.07) is 19.6. The summed E-state index contributed by atoms with van der Waals surface area (Å²) < 4.78 is 6.11. The summed E-state index contributed by atoms with van der Waals surface area (Å²) in [5.74, 6) is -0.602. The van der Waals surface area contributed by atoms with Gasteiger partial charge in [-0.05, 0) is 17.7 Å². The first-order valence-corrected chi connectivity index (χ1v) is 8.01. The van der Waals surface area contributed by atoms with Crippen molar-refractivity contribution < 1.29 is 19.7 Å². The highest BCUT2D eigenvalue weighted by molar-refractivity contribution is 6.15. The van der Waals surface area contributed by atoms with Gasteiger partial charge in [0.25, 0.3) is 0 Å². The average molecular weight is 332 g/mol. The van der Waals surface area contributed by atoms with Gasteiger partial charge in [-0.25, -0.2) is 0 Å². The molecule has 0 bridgehead atoms. The van der Waals surface area contributed by atoms with Gasteiger partial charge in [-0.3, -0.25) is 4.79 Å². The summed E-state index contributed by atoms with van der Waals surface area (Å²) >= 11 is 0. The maximum absolute atomic E-state index is 12.8. The van der Waals surface area contributed by atoms with E-state index in [1.807, 2.05) is 30.3 Å². The average Bonchev–Trinajstić information content (AvgIpc) is 2.62. The van der Waals surface area contributed by atoms with E-state index < -0.39 is 6.10 Å². The van der Waals surface area contributed by atoms with Crippen LogP contribution in [0.5, 0.6) is 11.5 Å². The smallest absolute Gasteiger partial charge is 0.201 e. The molecule has 0 aliphatic heterocycles. The highest BCUT2D eigenvalue weighted by atomic mass is 16.5. The Kier molecular flexibility index (Phi) is 3.75. The van der Waals surface area contributed by atoms with E-state index in [-0.39, 0.29) is 28.4 Å². The lowest BCUT2D eigenvalue weighted by Crippen LogP contribution is -2.21. The molecule has 0 atom stereocenters. The Hall–Kier alpha value is -3.11. The number of carbonyl (C=O) groups is 1. The largest absolute Gasteiger partial charge is 0.507 e. The molecule has 4 rings (SSSR count). The molecule has 4 heteroatoms. The molecular weight excluding hydrogens is 316 g/mol. The lowest BCUT2D eigenvalue weighted by Gasteiger charge is -2.28. The minimum atomic E-state index is -0.540. The van der Waals surface area contributed by atoms with Crippen LogP contribution < -0.4 is 0 Å². The molecule has 0 radical (unpaired) electrons. The van der Waals surface area contributed by atoms with E-state index in [9.17, 15) is 15.0 Å². The van der Waals surface area contributed by atoms with E-state index in [4.69, 9.17) is 4.74 Å². The molecule has 3 aromatic carbocycles. The van der Waals surface area contributed by atoms with Crippen LogP contribution in [0.2, 0.25) is 0 Å². The molecule has 0 unspecified atom stereocenters. The molecule has 0 fully saturated rings. The van der Waals surface area contributed by atoms with Crippen LogP contribution in [0.25, 0.3) is 0 Å². The second kappa shape index (κ2) is 6.07. The second-order valence-electron chi connectivity index (χ2n) is 5.99. The molecule has 1 aliphatic carbocycles. The van der Waals surface area contributed by atoms with Crippen LogP contribution in [0, 0.1) is 0 Å². The van der Waals surface area contributed by atoms with E-state index in [0.717, 1.165) is 5.56 Å².